The lowest BCUT2D eigenvalue weighted by Crippen LogP contribution is -2.09. The number of hydrogen-bond acceptors (Lipinski definition) is 2. The van der Waals surface area contributed by atoms with E-state index in [-0.39, 0.29) is 17.8 Å². The Bertz CT molecular complexity index is 312. The molecule has 88 valence electrons. The lowest BCUT2D eigenvalue weighted by atomic mass is 9.98. The molecule has 0 aromatic heterocycles. The van der Waals surface area contributed by atoms with E-state index >= 15 is 0 Å². The molecule has 0 aromatic rings. The fourth-order valence-electron chi connectivity index (χ4n) is 1.29. The maximum atomic E-state index is 11.4. The van der Waals surface area contributed by atoms with Gasteiger partial charge in [0.2, 0.25) is 0 Å². The maximum Gasteiger partial charge on any atom is 0.332 e. The van der Waals surface area contributed by atoms with Crippen LogP contribution in [0.3, 0.4) is 0 Å². The van der Waals surface area contributed by atoms with E-state index in [0.29, 0.717) is 12.0 Å². The molecule has 0 atom stereocenters. The molecule has 0 aliphatic rings. The Morgan fingerprint density at radius 2 is 1.44 bits per heavy atom. The minimum atomic E-state index is -1.02. The van der Waals surface area contributed by atoms with Gasteiger partial charge in [0.15, 0.2) is 5.78 Å². The number of ketones is 1. The number of carboxylic acid groups (broad SMARTS) is 1. The van der Waals surface area contributed by atoms with Crippen molar-refractivity contribution in [3.05, 3.63) is 35.5 Å². The van der Waals surface area contributed by atoms with Crippen molar-refractivity contribution >= 4 is 11.8 Å². The molecule has 0 aliphatic heterocycles. The highest BCUT2D eigenvalue weighted by Gasteiger charge is 2.15. The molecule has 0 spiro atoms. The van der Waals surface area contributed by atoms with Gasteiger partial charge in [-0.25, -0.2) is 4.79 Å². The zero-order valence-electron chi connectivity index (χ0n) is 9.99. The zero-order valence-corrected chi connectivity index (χ0v) is 9.99. The van der Waals surface area contributed by atoms with E-state index in [1.807, 2.05) is 13.8 Å². The summed E-state index contributed by atoms with van der Waals surface area (Å²) >= 11 is 0. The van der Waals surface area contributed by atoms with Gasteiger partial charge >= 0.3 is 5.97 Å². The number of aliphatic carboxylic acids is 1. The van der Waals surface area contributed by atoms with Crippen molar-refractivity contribution in [2.24, 2.45) is 0 Å². The summed E-state index contributed by atoms with van der Waals surface area (Å²) in [4.78, 5) is 22.4. The topological polar surface area (TPSA) is 54.4 Å². The highest BCUT2D eigenvalue weighted by atomic mass is 16.4. The molecule has 3 nitrogen and oxygen atoms in total. The van der Waals surface area contributed by atoms with Crippen LogP contribution in [-0.4, -0.2) is 16.9 Å². The van der Waals surface area contributed by atoms with Crippen molar-refractivity contribution in [2.45, 2.75) is 33.6 Å². The van der Waals surface area contributed by atoms with E-state index in [4.69, 9.17) is 5.11 Å². The molecule has 0 rings (SSSR count). The summed E-state index contributed by atoms with van der Waals surface area (Å²) in [5.41, 5.74) is 0.562. The SMILES string of the molecule is CC=CC/C(C(C)=O)=C(\CC=CC)C(=O)O. The minimum Gasteiger partial charge on any atom is -0.478 e. The molecule has 0 aliphatic carbocycles. The first-order valence-electron chi connectivity index (χ1n) is 5.23. The number of carbonyl (C=O) groups is 2. The first-order valence-corrected chi connectivity index (χ1v) is 5.23. The maximum absolute atomic E-state index is 11.4. The average Bonchev–Trinajstić information content (AvgIpc) is 2.21. The quantitative estimate of drug-likeness (QED) is 0.555. The molecule has 0 amide bonds. The molecule has 0 fully saturated rings. The van der Waals surface area contributed by atoms with Crippen LogP contribution in [0, 0.1) is 0 Å². The second-order valence-corrected chi connectivity index (χ2v) is 3.36. The highest BCUT2D eigenvalue weighted by molar-refractivity contribution is 6.02. The zero-order chi connectivity index (χ0) is 12.6. The van der Waals surface area contributed by atoms with Gasteiger partial charge in [-0.3, -0.25) is 4.79 Å². The standard InChI is InChI=1S/C13H18O3/c1-4-6-8-11(10(3)14)12(13(15)16)9-7-5-2/h4-7H,8-9H2,1-3H3,(H,15,16)/b6-4?,7-5?,12-11-. The predicted octanol–water partition coefficient (Wildman–Crippen LogP) is 2.89. The largest absolute Gasteiger partial charge is 0.478 e. The molecule has 16 heavy (non-hydrogen) atoms. The highest BCUT2D eigenvalue weighted by Crippen LogP contribution is 2.16. The second kappa shape index (κ2) is 7.63. The van der Waals surface area contributed by atoms with E-state index in [1.54, 1.807) is 24.3 Å². The van der Waals surface area contributed by atoms with Gasteiger partial charge in [0.05, 0.1) is 0 Å². The number of Topliss-reactive ketones (excluding diaryl/α,β-unsaturated/α-hetero) is 1. The van der Waals surface area contributed by atoms with Crippen LogP contribution in [0.4, 0.5) is 0 Å². The second-order valence-electron chi connectivity index (χ2n) is 3.36. The summed E-state index contributed by atoms with van der Waals surface area (Å²) < 4.78 is 0. The number of allylic oxidation sites excluding steroid dienone is 5. The van der Waals surface area contributed by atoms with Gasteiger partial charge in [0.1, 0.15) is 0 Å². The van der Waals surface area contributed by atoms with E-state index in [1.165, 1.54) is 6.92 Å². The van der Waals surface area contributed by atoms with E-state index in [0.717, 1.165) is 0 Å². The van der Waals surface area contributed by atoms with E-state index in [9.17, 15) is 9.59 Å². The Kier molecular flexibility index (Phi) is 6.84. The minimum absolute atomic E-state index is 0.181. The smallest absolute Gasteiger partial charge is 0.332 e. The summed E-state index contributed by atoms with van der Waals surface area (Å²) in [6.45, 7) is 5.06. The van der Waals surface area contributed by atoms with Crippen molar-refractivity contribution in [1.82, 2.24) is 0 Å². The van der Waals surface area contributed by atoms with Crippen LogP contribution >= 0.6 is 0 Å². The van der Waals surface area contributed by atoms with Crippen molar-refractivity contribution < 1.29 is 14.7 Å². The Morgan fingerprint density at radius 1 is 1.00 bits per heavy atom. The summed E-state index contributed by atoms with van der Waals surface area (Å²) in [7, 11) is 0. The molecule has 0 saturated heterocycles. The van der Waals surface area contributed by atoms with Gasteiger partial charge in [-0.1, -0.05) is 24.3 Å². The van der Waals surface area contributed by atoms with Crippen LogP contribution in [0.25, 0.3) is 0 Å². The molecular weight excluding hydrogens is 204 g/mol. The molecule has 0 radical (unpaired) electrons. The molecule has 0 saturated carbocycles. The van der Waals surface area contributed by atoms with Crippen LogP contribution < -0.4 is 0 Å². The molecule has 1 N–H and O–H groups in total. The van der Waals surface area contributed by atoms with Crippen molar-refractivity contribution in [1.29, 1.82) is 0 Å². The van der Waals surface area contributed by atoms with Gasteiger partial charge in [-0.15, -0.1) is 0 Å². The number of carbonyl (C=O) groups excluding carboxylic acids is 1. The molecule has 0 unspecified atom stereocenters. The molecule has 0 heterocycles. The number of carboxylic acids is 1. The van der Waals surface area contributed by atoms with Crippen LogP contribution in [0.2, 0.25) is 0 Å². The third kappa shape index (κ3) is 4.73. The van der Waals surface area contributed by atoms with Gasteiger partial charge < -0.3 is 5.11 Å². The normalized spacial score (nSPS) is 13.2. The third-order valence-electron chi connectivity index (χ3n) is 2.16. The first kappa shape index (κ1) is 14.4. The van der Waals surface area contributed by atoms with Gasteiger partial charge in [0.25, 0.3) is 0 Å². The van der Waals surface area contributed by atoms with Crippen LogP contribution in [0.5, 0.6) is 0 Å². The predicted molar refractivity (Wildman–Crippen MR) is 64.2 cm³/mol. The fraction of sp³-hybridized carbons (Fsp3) is 0.385. The molecule has 0 bridgehead atoms. The van der Waals surface area contributed by atoms with Crippen LogP contribution in [-0.2, 0) is 9.59 Å². The van der Waals surface area contributed by atoms with Crippen molar-refractivity contribution in [3.63, 3.8) is 0 Å². The van der Waals surface area contributed by atoms with Crippen molar-refractivity contribution in [2.75, 3.05) is 0 Å². The monoisotopic (exact) mass is 222 g/mol. The Morgan fingerprint density at radius 3 is 1.75 bits per heavy atom. The first-order chi connectivity index (χ1) is 7.54. The molecule has 3 heteroatoms. The number of hydrogen-bond donors (Lipinski definition) is 1. The summed E-state index contributed by atoms with van der Waals surface area (Å²) in [6.07, 6.45) is 7.77. The molecular formula is C13H18O3. The lowest BCUT2D eigenvalue weighted by Gasteiger charge is -2.06. The van der Waals surface area contributed by atoms with E-state index < -0.39 is 5.97 Å². The van der Waals surface area contributed by atoms with Crippen LogP contribution in [0.15, 0.2) is 35.5 Å². The Hall–Kier alpha value is -1.64. The van der Waals surface area contributed by atoms with Crippen molar-refractivity contribution in [3.8, 4) is 0 Å². The third-order valence-corrected chi connectivity index (χ3v) is 2.16. The summed E-state index contributed by atoms with van der Waals surface area (Å²) in [5.74, 6) is -1.20. The Labute approximate surface area is 96.2 Å². The average molecular weight is 222 g/mol. The van der Waals surface area contributed by atoms with Gasteiger partial charge in [-0.2, -0.15) is 0 Å². The van der Waals surface area contributed by atoms with E-state index in [2.05, 4.69) is 0 Å². The fourth-order valence-corrected chi connectivity index (χ4v) is 1.29. The lowest BCUT2D eigenvalue weighted by molar-refractivity contribution is -0.133. The van der Waals surface area contributed by atoms with Gasteiger partial charge in [-0.05, 0) is 33.6 Å². The van der Waals surface area contributed by atoms with Gasteiger partial charge in [0, 0.05) is 11.1 Å². The summed E-state index contributed by atoms with van der Waals surface area (Å²) in [5, 5.41) is 9.05. The number of rotatable bonds is 6. The van der Waals surface area contributed by atoms with Crippen LogP contribution in [0.1, 0.15) is 33.6 Å². The Balaban J connectivity index is 5.25. The summed E-state index contributed by atoms with van der Waals surface area (Å²) in [6, 6.07) is 0. The molecule has 0 aromatic carbocycles.